The molecule has 0 fully saturated rings. The third-order valence-corrected chi connectivity index (χ3v) is 4.45. The maximum Gasteiger partial charge on any atom is 0.124 e. The first kappa shape index (κ1) is 14.5. The fourth-order valence-electron chi connectivity index (χ4n) is 2.63. The minimum atomic E-state index is 0.252. The van der Waals surface area contributed by atoms with Crippen LogP contribution in [0.1, 0.15) is 23.6 Å². The Hall–Kier alpha value is -1.43. The fraction of sp³-hybridized carbons (Fsp3) is 0.294. The Morgan fingerprint density at radius 2 is 2.10 bits per heavy atom. The largest absolute Gasteiger partial charge is 0.497 e. The summed E-state index contributed by atoms with van der Waals surface area (Å²) in [6, 6.07) is 12.7. The van der Waals surface area contributed by atoms with E-state index in [4.69, 9.17) is 9.47 Å². The molecule has 1 unspecified atom stereocenters. The van der Waals surface area contributed by atoms with Gasteiger partial charge in [0.15, 0.2) is 0 Å². The average molecular weight is 395 g/mol. The quantitative estimate of drug-likeness (QED) is 0.774. The minimum Gasteiger partial charge on any atom is -0.497 e. The monoisotopic (exact) mass is 395 g/mol. The summed E-state index contributed by atoms with van der Waals surface area (Å²) in [5.41, 5.74) is 3.60. The fourth-order valence-corrected chi connectivity index (χ4v) is 3.27. The summed E-state index contributed by atoms with van der Waals surface area (Å²) in [7, 11) is 1.69. The molecule has 1 heterocycles. The Morgan fingerprint density at radius 1 is 1.24 bits per heavy atom. The van der Waals surface area contributed by atoms with E-state index in [1.165, 1.54) is 20.4 Å². The lowest BCUT2D eigenvalue weighted by atomic mass is 9.99. The van der Waals surface area contributed by atoms with Crippen LogP contribution < -0.4 is 14.8 Å². The van der Waals surface area contributed by atoms with Crippen LogP contribution in [0.5, 0.6) is 11.5 Å². The van der Waals surface area contributed by atoms with E-state index in [9.17, 15) is 0 Å². The van der Waals surface area contributed by atoms with Crippen LogP contribution in [0, 0.1) is 10.5 Å². The normalized spacial score (nSPS) is 16.8. The molecule has 0 aromatic heterocycles. The molecule has 0 saturated carbocycles. The van der Waals surface area contributed by atoms with Gasteiger partial charge in [-0.05, 0) is 71.5 Å². The lowest BCUT2D eigenvalue weighted by molar-refractivity contribution is 0.273. The first-order valence-electron chi connectivity index (χ1n) is 7.01. The molecule has 1 N–H and O–H groups in total. The molecule has 3 nitrogen and oxygen atoms in total. The van der Waals surface area contributed by atoms with Crippen molar-refractivity contribution in [1.29, 1.82) is 0 Å². The SMILES string of the molecule is COc1ccc2c(c1)C(Nc1ccc(I)cc1C)CCO2. The average Bonchev–Trinajstić information content (AvgIpc) is 2.50. The molecule has 3 rings (SSSR count). The second kappa shape index (κ2) is 6.13. The van der Waals surface area contributed by atoms with E-state index in [0.717, 1.165) is 24.5 Å². The van der Waals surface area contributed by atoms with Crippen molar-refractivity contribution in [2.75, 3.05) is 19.0 Å². The van der Waals surface area contributed by atoms with Crippen LogP contribution in [0.2, 0.25) is 0 Å². The summed E-state index contributed by atoms with van der Waals surface area (Å²) in [6.07, 6.45) is 0.950. The van der Waals surface area contributed by atoms with Crippen molar-refractivity contribution in [3.05, 3.63) is 51.1 Å². The molecule has 0 spiro atoms. The van der Waals surface area contributed by atoms with Crippen molar-refractivity contribution in [2.24, 2.45) is 0 Å². The van der Waals surface area contributed by atoms with Gasteiger partial charge in [-0.3, -0.25) is 0 Å². The predicted octanol–water partition coefficient (Wildman–Crippen LogP) is 4.54. The molecule has 1 atom stereocenters. The Balaban J connectivity index is 1.90. The van der Waals surface area contributed by atoms with E-state index in [-0.39, 0.29) is 6.04 Å². The van der Waals surface area contributed by atoms with Gasteiger partial charge in [0, 0.05) is 21.2 Å². The predicted molar refractivity (Wildman–Crippen MR) is 93.4 cm³/mol. The highest BCUT2D eigenvalue weighted by Crippen LogP contribution is 2.37. The van der Waals surface area contributed by atoms with Gasteiger partial charge in [-0.15, -0.1) is 0 Å². The van der Waals surface area contributed by atoms with Gasteiger partial charge in [-0.2, -0.15) is 0 Å². The van der Waals surface area contributed by atoms with Gasteiger partial charge in [-0.1, -0.05) is 0 Å². The molecule has 4 heteroatoms. The van der Waals surface area contributed by atoms with Gasteiger partial charge < -0.3 is 14.8 Å². The Labute approximate surface area is 138 Å². The molecule has 2 aromatic rings. The summed E-state index contributed by atoms with van der Waals surface area (Å²) in [5, 5.41) is 3.64. The molecular formula is C17H18INO2. The van der Waals surface area contributed by atoms with E-state index >= 15 is 0 Å². The van der Waals surface area contributed by atoms with Crippen molar-refractivity contribution < 1.29 is 9.47 Å². The molecule has 0 bridgehead atoms. The van der Waals surface area contributed by atoms with E-state index < -0.39 is 0 Å². The molecule has 0 radical (unpaired) electrons. The van der Waals surface area contributed by atoms with Crippen molar-refractivity contribution in [1.82, 2.24) is 0 Å². The smallest absolute Gasteiger partial charge is 0.124 e. The number of hydrogen-bond donors (Lipinski definition) is 1. The number of methoxy groups -OCH3 is 1. The maximum atomic E-state index is 5.74. The van der Waals surface area contributed by atoms with Gasteiger partial charge >= 0.3 is 0 Å². The topological polar surface area (TPSA) is 30.5 Å². The van der Waals surface area contributed by atoms with Gasteiger partial charge in [0.05, 0.1) is 19.8 Å². The lowest BCUT2D eigenvalue weighted by Crippen LogP contribution is -2.20. The first-order chi connectivity index (χ1) is 10.2. The molecule has 1 aliphatic heterocycles. The number of aryl methyl sites for hydroxylation is 1. The summed E-state index contributed by atoms with van der Waals surface area (Å²) >= 11 is 2.34. The Kier molecular flexibility index (Phi) is 4.24. The number of halogens is 1. The Morgan fingerprint density at radius 3 is 2.86 bits per heavy atom. The zero-order chi connectivity index (χ0) is 14.8. The molecule has 0 aliphatic carbocycles. The van der Waals surface area contributed by atoms with E-state index in [1.807, 2.05) is 12.1 Å². The van der Waals surface area contributed by atoms with Gasteiger partial charge in [0.25, 0.3) is 0 Å². The molecule has 0 amide bonds. The number of benzene rings is 2. The van der Waals surface area contributed by atoms with Crippen LogP contribution in [0.3, 0.4) is 0 Å². The molecular weight excluding hydrogens is 377 g/mol. The minimum absolute atomic E-state index is 0.252. The number of nitrogens with one attached hydrogen (secondary N) is 1. The number of ether oxygens (including phenoxy) is 2. The van der Waals surface area contributed by atoms with E-state index in [2.05, 4.69) is 59.1 Å². The number of hydrogen-bond acceptors (Lipinski definition) is 3. The molecule has 0 saturated heterocycles. The highest BCUT2D eigenvalue weighted by molar-refractivity contribution is 14.1. The molecule has 110 valence electrons. The van der Waals surface area contributed by atoms with Gasteiger partial charge in [-0.25, -0.2) is 0 Å². The molecule has 1 aliphatic rings. The third-order valence-electron chi connectivity index (χ3n) is 3.77. The van der Waals surface area contributed by atoms with E-state index in [1.54, 1.807) is 7.11 Å². The highest BCUT2D eigenvalue weighted by atomic mass is 127. The first-order valence-corrected chi connectivity index (χ1v) is 8.08. The van der Waals surface area contributed by atoms with Gasteiger partial charge in [0.2, 0.25) is 0 Å². The van der Waals surface area contributed by atoms with Crippen molar-refractivity contribution in [2.45, 2.75) is 19.4 Å². The summed E-state index contributed by atoms with van der Waals surface area (Å²) < 4.78 is 12.3. The molecule has 21 heavy (non-hydrogen) atoms. The standard InChI is InChI=1S/C17H18INO2/c1-11-9-12(18)3-5-15(11)19-16-7-8-21-17-6-4-13(20-2)10-14(16)17/h3-6,9-10,16,19H,7-8H2,1-2H3. The van der Waals surface area contributed by atoms with Crippen LogP contribution in [-0.2, 0) is 0 Å². The van der Waals surface area contributed by atoms with E-state index in [0.29, 0.717) is 0 Å². The highest BCUT2D eigenvalue weighted by Gasteiger charge is 2.22. The van der Waals surface area contributed by atoms with Crippen LogP contribution in [0.4, 0.5) is 5.69 Å². The van der Waals surface area contributed by atoms with Crippen LogP contribution in [0.25, 0.3) is 0 Å². The van der Waals surface area contributed by atoms with Gasteiger partial charge in [0.1, 0.15) is 11.5 Å². The third kappa shape index (κ3) is 3.10. The van der Waals surface area contributed by atoms with Crippen molar-refractivity contribution >= 4 is 28.3 Å². The number of anilines is 1. The second-order valence-corrected chi connectivity index (χ2v) is 6.44. The maximum absolute atomic E-state index is 5.74. The summed E-state index contributed by atoms with van der Waals surface area (Å²) in [4.78, 5) is 0. The zero-order valence-corrected chi connectivity index (χ0v) is 14.3. The summed E-state index contributed by atoms with van der Waals surface area (Å²) in [5.74, 6) is 1.81. The number of fused-ring (bicyclic) bond motifs is 1. The van der Waals surface area contributed by atoms with Crippen LogP contribution >= 0.6 is 22.6 Å². The second-order valence-electron chi connectivity index (χ2n) is 5.20. The molecule has 2 aromatic carbocycles. The van der Waals surface area contributed by atoms with Crippen molar-refractivity contribution in [3.8, 4) is 11.5 Å². The number of rotatable bonds is 3. The Bertz CT molecular complexity index is 657. The van der Waals surface area contributed by atoms with Crippen LogP contribution in [-0.4, -0.2) is 13.7 Å². The lowest BCUT2D eigenvalue weighted by Gasteiger charge is -2.28. The van der Waals surface area contributed by atoms with Crippen molar-refractivity contribution in [3.63, 3.8) is 0 Å². The summed E-state index contributed by atoms with van der Waals surface area (Å²) in [6.45, 7) is 2.87. The van der Waals surface area contributed by atoms with Crippen LogP contribution in [0.15, 0.2) is 36.4 Å². The zero-order valence-electron chi connectivity index (χ0n) is 12.2.